The van der Waals surface area contributed by atoms with Crippen LogP contribution in [0.2, 0.25) is 0 Å². The van der Waals surface area contributed by atoms with Crippen LogP contribution in [0.3, 0.4) is 0 Å². The summed E-state index contributed by atoms with van der Waals surface area (Å²) in [5, 5.41) is 5.99. The maximum absolute atomic E-state index is 13.4. The van der Waals surface area contributed by atoms with Crippen LogP contribution in [0.4, 0.5) is 0 Å². The highest BCUT2D eigenvalue weighted by molar-refractivity contribution is 5.99. The van der Waals surface area contributed by atoms with Crippen molar-refractivity contribution < 1.29 is 9.53 Å². The number of aryl methyl sites for hydroxylation is 1. The zero-order valence-corrected chi connectivity index (χ0v) is 23.2. The van der Waals surface area contributed by atoms with Crippen molar-refractivity contribution in [3.8, 4) is 5.88 Å². The number of piperazine rings is 1. The number of hydrogen-bond donors (Lipinski definition) is 0. The summed E-state index contributed by atoms with van der Waals surface area (Å²) in [6, 6.07) is 17.7. The zero-order chi connectivity index (χ0) is 27.5. The normalized spacial score (nSPS) is 14.8. The third-order valence-electron chi connectivity index (χ3n) is 7.67. The molecule has 1 fully saturated rings. The highest BCUT2D eigenvalue weighted by Gasteiger charge is 2.19. The number of hydrogen-bond acceptors (Lipinski definition) is 7. The molecule has 0 unspecified atom stereocenters. The Morgan fingerprint density at radius 1 is 1.00 bits per heavy atom. The average molecular weight is 538 g/mol. The van der Waals surface area contributed by atoms with Crippen molar-refractivity contribution in [3.63, 3.8) is 0 Å². The van der Waals surface area contributed by atoms with Gasteiger partial charge < -0.3 is 9.64 Å². The standard InChI is InChI=1S/C31H35N7O2/c1-3-25-31-23(20-28(39)27-21-32-29-11-4-5-13-37(27)29)8-6-10-26(31)38(34-25)22-24-9-7-12-30(33-24)40-19-18-36-16-14-35(2)15-17-36/h4-13,21H,3,14-20,22H2,1-2H3. The average Bonchev–Trinajstić information content (AvgIpc) is 3.57. The van der Waals surface area contributed by atoms with E-state index in [1.165, 1.54) is 0 Å². The number of rotatable bonds is 10. The fourth-order valence-electron chi connectivity index (χ4n) is 5.43. The Morgan fingerprint density at radius 2 is 1.85 bits per heavy atom. The third kappa shape index (κ3) is 5.48. The molecule has 5 heterocycles. The van der Waals surface area contributed by atoms with Crippen LogP contribution in [-0.2, 0) is 19.4 Å². The Bertz CT molecular complexity index is 1630. The second-order valence-corrected chi connectivity index (χ2v) is 10.4. The van der Waals surface area contributed by atoms with E-state index in [2.05, 4.69) is 34.8 Å². The van der Waals surface area contributed by atoms with Gasteiger partial charge in [-0.25, -0.2) is 9.97 Å². The largest absolute Gasteiger partial charge is 0.476 e. The van der Waals surface area contributed by atoms with Crippen molar-refractivity contribution in [3.05, 3.63) is 89.6 Å². The molecule has 206 valence electrons. The summed E-state index contributed by atoms with van der Waals surface area (Å²) >= 11 is 0. The lowest BCUT2D eigenvalue weighted by Crippen LogP contribution is -2.45. The number of nitrogens with zero attached hydrogens (tertiary/aromatic N) is 7. The maximum Gasteiger partial charge on any atom is 0.213 e. The van der Waals surface area contributed by atoms with Crippen LogP contribution in [0.5, 0.6) is 5.88 Å². The minimum Gasteiger partial charge on any atom is -0.476 e. The SMILES string of the molecule is CCc1nn(Cc2cccc(OCCN3CCN(C)CC3)n2)c2cccc(CC(=O)c3cnc4ccccn34)c12. The molecular weight excluding hydrogens is 502 g/mol. The Hall–Kier alpha value is -4.08. The predicted octanol–water partition coefficient (Wildman–Crippen LogP) is 3.74. The minimum atomic E-state index is 0.0316. The van der Waals surface area contributed by atoms with E-state index >= 15 is 0 Å². The molecule has 40 heavy (non-hydrogen) atoms. The van der Waals surface area contributed by atoms with Crippen LogP contribution in [-0.4, -0.2) is 86.1 Å². The van der Waals surface area contributed by atoms with Crippen molar-refractivity contribution in [2.45, 2.75) is 26.3 Å². The highest BCUT2D eigenvalue weighted by Crippen LogP contribution is 2.26. The Morgan fingerprint density at radius 3 is 2.70 bits per heavy atom. The smallest absolute Gasteiger partial charge is 0.213 e. The molecular formula is C31H35N7O2. The molecule has 1 saturated heterocycles. The summed E-state index contributed by atoms with van der Waals surface area (Å²) in [6.07, 6.45) is 4.59. The number of Topliss-reactive ketones (excluding diaryl/α,β-unsaturated/α-hetero) is 1. The Balaban J connectivity index is 1.18. The fraction of sp³-hybridized carbons (Fsp3) is 0.355. The van der Waals surface area contributed by atoms with E-state index in [-0.39, 0.29) is 12.2 Å². The lowest BCUT2D eigenvalue weighted by Gasteiger charge is -2.32. The van der Waals surface area contributed by atoms with Gasteiger partial charge in [-0.3, -0.25) is 18.8 Å². The first-order valence-corrected chi connectivity index (χ1v) is 14.0. The molecule has 4 aromatic heterocycles. The number of pyridine rings is 2. The fourth-order valence-corrected chi connectivity index (χ4v) is 5.43. The number of imidazole rings is 1. The summed E-state index contributed by atoms with van der Waals surface area (Å²) in [5.41, 5.74) is 5.21. The van der Waals surface area contributed by atoms with Gasteiger partial charge in [0.15, 0.2) is 5.78 Å². The molecule has 0 spiro atoms. The molecule has 6 rings (SSSR count). The molecule has 1 aliphatic heterocycles. The van der Waals surface area contributed by atoms with E-state index in [4.69, 9.17) is 14.8 Å². The van der Waals surface area contributed by atoms with Gasteiger partial charge in [-0.1, -0.05) is 31.2 Å². The van der Waals surface area contributed by atoms with E-state index in [0.717, 1.165) is 72.6 Å². The highest BCUT2D eigenvalue weighted by atomic mass is 16.5. The quantitative estimate of drug-likeness (QED) is 0.251. The number of benzene rings is 1. The van der Waals surface area contributed by atoms with Crippen LogP contribution >= 0.6 is 0 Å². The van der Waals surface area contributed by atoms with Crippen molar-refractivity contribution in [2.24, 2.45) is 0 Å². The monoisotopic (exact) mass is 537 g/mol. The summed E-state index contributed by atoms with van der Waals surface area (Å²) in [5.74, 6) is 0.669. The Labute approximate surface area is 234 Å². The molecule has 0 atom stereocenters. The van der Waals surface area contributed by atoms with Crippen LogP contribution in [0.15, 0.2) is 67.0 Å². The molecule has 0 radical (unpaired) electrons. The van der Waals surface area contributed by atoms with Gasteiger partial charge in [0.25, 0.3) is 0 Å². The number of carbonyl (C=O) groups excluding carboxylic acids is 1. The second kappa shape index (κ2) is 11.6. The van der Waals surface area contributed by atoms with Crippen LogP contribution in [0.1, 0.15) is 34.4 Å². The molecule has 1 aromatic carbocycles. The zero-order valence-electron chi connectivity index (χ0n) is 23.2. The van der Waals surface area contributed by atoms with Crippen molar-refractivity contribution in [1.82, 2.24) is 33.9 Å². The number of carbonyl (C=O) groups is 1. The lowest BCUT2D eigenvalue weighted by molar-refractivity contribution is 0.0987. The first kappa shape index (κ1) is 26.2. The first-order chi connectivity index (χ1) is 19.6. The van der Waals surface area contributed by atoms with E-state index in [1.54, 1.807) is 6.20 Å². The number of ether oxygens (including phenoxy) is 1. The van der Waals surface area contributed by atoms with Crippen molar-refractivity contribution in [2.75, 3.05) is 46.4 Å². The van der Waals surface area contributed by atoms with Crippen molar-refractivity contribution in [1.29, 1.82) is 0 Å². The Kier molecular flexibility index (Phi) is 7.57. The molecule has 5 aromatic rings. The maximum atomic E-state index is 13.4. The number of fused-ring (bicyclic) bond motifs is 2. The summed E-state index contributed by atoms with van der Waals surface area (Å²) in [4.78, 5) is 27.3. The van der Waals surface area contributed by atoms with Gasteiger partial charge in [-0.15, -0.1) is 0 Å². The van der Waals surface area contributed by atoms with Crippen LogP contribution in [0.25, 0.3) is 16.6 Å². The van der Waals surface area contributed by atoms with Crippen molar-refractivity contribution >= 4 is 22.3 Å². The van der Waals surface area contributed by atoms with Gasteiger partial charge >= 0.3 is 0 Å². The second-order valence-electron chi connectivity index (χ2n) is 10.4. The molecule has 0 amide bonds. The molecule has 1 aliphatic rings. The summed E-state index contributed by atoms with van der Waals surface area (Å²) in [7, 11) is 2.17. The molecule has 9 nitrogen and oxygen atoms in total. The van der Waals surface area contributed by atoms with E-state index in [0.29, 0.717) is 24.7 Å². The number of aromatic nitrogens is 5. The van der Waals surface area contributed by atoms with E-state index in [1.807, 2.05) is 63.8 Å². The van der Waals surface area contributed by atoms with E-state index in [9.17, 15) is 4.79 Å². The predicted molar refractivity (Wildman–Crippen MR) is 155 cm³/mol. The molecule has 9 heteroatoms. The van der Waals surface area contributed by atoms with Gasteiger partial charge in [-0.05, 0) is 43.3 Å². The summed E-state index contributed by atoms with van der Waals surface area (Å²) < 4.78 is 9.85. The third-order valence-corrected chi connectivity index (χ3v) is 7.67. The van der Waals surface area contributed by atoms with Gasteiger partial charge in [0, 0.05) is 56.8 Å². The van der Waals surface area contributed by atoms with E-state index < -0.39 is 0 Å². The summed E-state index contributed by atoms with van der Waals surface area (Å²) in [6.45, 7) is 8.50. The minimum absolute atomic E-state index is 0.0316. The van der Waals surface area contributed by atoms with Gasteiger partial charge in [0.05, 0.1) is 29.6 Å². The molecule has 0 N–H and O–H groups in total. The van der Waals surface area contributed by atoms with Gasteiger partial charge in [0.2, 0.25) is 5.88 Å². The van der Waals surface area contributed by atoms with Gasteiger partial charge in [-0.2, -0.15) is 5.10 Å². The molecule has 0 saturated carbocycles. The van der Waals surface area contributed by atoms with Crippen LogP contribution in [0, 0.1) is 0 Å². The number of ketones is 1. The lowest BCUT2D eigenvalue weighted by atomic mass is 10.0. The topological polar surface area (TPSA) is 80.8 Å². The first-order valence-electron chi connectivity index (χ1n) is 14.0. The van der Waals surface area contributed by atoms with Gasteiger partial charge in [0.1, 0.15) is 17.9 Å². The molecule has 0 bridgehead atoms. The van der Waals surface area contributed by atoms with Crippen LogP contribution < -0.4 is 4.74 Å². The number of likely N-dealkylation sites (N-methyl/N-ethyl adjacent to an activating group) is 1. The molecule has 0 aliphatic carbocycles.